The predicted octanol–water partition coefficient (Wildman–Crippen LogP) is 5.75. The van der Waals surface area contributed by atoms with Gasteiger partial charge in [0.2, 0.25) is 0 Å². The first-order valence-corrected chi connectivity index (χ1v) is 12.2. The van der Waals surface area contributed by atoms with Crippen LogP contribution in [-0.2, 0) is 26.7 Å². The maximum atomic E-state index is 14.7. The molecule has 2 aliphatic rings. The molecular weight excluding hydrogens is 508 g/mol. The van der Waals surface area contributed by atoms with Crippen LogP contribution in [0.25, 0.3) is 0 Å². The lowest BCUT2D eigenvalue weighted by Gasteiger charge is -2.42. The quantitative estimate of drug-likeness (QED) is 0.406. The fourth-order valence-corrected chi connectivity index (χ4v) is 8.22. The van der Waals surface area contributed by atoms with E-state index in [9.17, 15) is 48.6 Å². The molecule has 12 heteroatoms. The molecule has 0 aromatic heterocycles. The van der Waals surface area contributed by atoms with Crippen molar-refractivity contribution in [1.29, 1.82) is 0 Å². The Balaban J connectivity index is 1.95. The highest BCUT2D eigenvalue weighted by Crippen LogP contribution is 2.60. The van der Waals surface area contributed by atoms with Gasteiger partial charge in [-0.3, -0.25) is 0 Å². The lowest BCUT2D eigenvalue weighted by Crippen LogP contribution is -2.50. The van der Waals surface area contributed by atoms with Crippen LogP contribution in [0, 0.1) is 17.7 Å². The van der Waals surface area contributed by atoms with E-state index < -0.39 is 55.8 Å². The van der Waals surface area contributed by atoms with Crippen molar-refractivity contribution in [3.8, 4) is 0 Å². The summed E-state index contributed by atoms with van der Waals surface area (Å²) in [5.41, 5.74) is -7.48. The molecule has 2 aromatic carbocycles. The molecule has 0 radical (unpaired) electrons. The molecule has 1 saturated carbocycles. The third-order valence-electron chi connectivity index (χ3n) is 7.36. The smallest absolute Gasteiger partial charge is 0.396 e. The Hall–Kier alpha value is -2.21. The van der Waals surface area contributed by atoms with Gasteiger partial charge in [-0.25, -0.2) is 17.2 Å². The highest BCUT2D eigenvalue weighted by Gasteiger charge is 2.73. The van der Waals surface area contributed by atoms with Gasteiger partial charge in [0.25, 0.3) is 0 Å². The number of rotatable bonds is 4. The first-order chi connectivity index (χ1) is 16.1. The Labute approximate surface area is 195 Å². The van der Waals surface area contributed by atoms with Crippen molar-refractivity contribution in [2.24, 2.45) is 11.8 Å². The molecule has 2 aromatic rings. The van der Waals surface area contributed by atoms with Crippen LogP contribution < -0.4 is 0 Å². The highest BCUT2D eigenvalue weighted by molar-refractivity contribution is 7.92. The van der Waals surface area contributed by atoms with Crippen molar-refractivity contribution in [1.82, 2.24) is 0 Å². The monoisotopic (exact) mass is 528 g/mol. The van der Waals surface area contributed by atoms with Gasteiger partial charge < -0.3 is 5.11 Å². The van der Waals surface area contributed by atoms with E-state index in [0.29, 0.717) is 12.1 Å². The maximum absolute atomic E-state index is 14.7. The average molecular weight is 528 g/mol. The third-order valence-corrected chi connectivity index (χ3v) is 9.94. The Bertz CT molecular complexity index is 1210. The van der Waals surface area contributed by atoms with Gasteiger partial charge in [-0.15, -0.1) is 0 Å². The van der Waals surface area contributed by atoms with E-state index >= 15 is 0 Å². The van der Waals surface area contributed by atoms with Crippen molar-refractivity contribution in [2.45, 2.75) is 53.3 Å². The lowest BCUT2D eigenvalue weighted by molar-refractivity contribution is -0.348. The summed E-state index contributed by atoms with van der Waals surface area (Å²) in [6, 6.07) is 5.51. The van der Waals surface area contributed by atoms with Crippen LogP contribution in [0.15, 0.2) is 47.4 Å². The van der Waals surface area contributed by atoms with Crippen LogP contribution in [0.2, 0.25) is 0 Å². The molecule has 0 amide bonds. The van der Waals surface area contributed by atoms with E-state index in [1.165, 1.54) is 0 Å². The van der Waals surface area contributed by atoms with Crippen LogP contribution >= 0.6 is 0 Å². The van der Waals surface area contributed by atoms with Crippen molar-refractivity contribution in [3.63, 3.8) is 0 Å². The first kappa shape index (κ1) is 25.9. The van der Waals surface area contributed by atoms with Crippen molar-refractivity contribution in [3.05, 3.63) is 65.0 Å². The zero-order valence-electron chi connectivity index (χ0n) is 17.9. The molecule has 1 N–H and O–H groups in total. The van der Waals surface area contributed by atoms with Gasteiger partial charge in [0.05, 0.1) is 4.90 Å². The maximum Gasteiger partial charge on any atom is 0.435 e. The Kier molecular flexibility index (Phi) is 6.03. The number of sulfone groups is 1. The SMILES string of the molecule is O=S(=O)(c1ccc(F)cc1)[C@@]12CC[C@@H](CO)[C@@H]1CCc1cc(C(F)(C(F)(F)F)C(F)(F)F)ccc12. The van der Waals surface area contributed by atoms with Gasteiger partial charge in [0, 0.05) is 12.2 Å². The van der Waals surface area contributed by atoms with E-state index in [1.807, 2.05) is 0 Å². The van der Waals surface area contributed by atoms with E-state index in [2.05, 4.69) is 0 Å². The van der Waals surface area contributed by atoms with E-state index in [-0.39, 0.29) is 48.3 Å². The molecule has 0 saturated heterocycles. The number of halogens is 8. The second-order valence-electron chi connectivity index (χ2n) is 9.00. The van der Waals surface area contributed by atoms with Crippen LogP contribution in [0.5, 0.6) is 0 Å². The normalized spacial score (nSPS) is 25.3. The van der Waals surface area contributed by atoms with Gasteiger partial charge in [0.1, 0.15) is 10.6 Å². The summed E-state index contributed by atoms with van der Waals surface area (Å²) in [5.74, 6) is -1.88. The van der Waals surface area contributed by atoms with Gasteiger partial charge in [-0.2, -0.15) is 26.3 Å². The summed E-state index contributed by atoms with van der Waals surface area (Å²) in [7, 11) is -4.35. The number of aliphatic hydroxyl groups is 1. The summed E-state index contributed by atoms with van der Waals surface area (Å²) in [4.78, 5) is -0.273. The lowest BCUT2D eigenvalue weighted by atomic mass is 9.72. The Morgan fingerprint density at radius 1 is 0.914 bits per heavy atom. The van der Waals surface area contributed by atoms with Crippen molar-refractivity contribution < 1.29 is 48.6 Å². The minimum atomic E-state index is -6.30. The molecule has 0 heterocycles. The van der Waals surface area contributed by atoms with E-state index in [1.54, 1.807) is 0 Å². The molecule has 0 spiro atoms. The number of fused-ring (bicyclic) bond motifs is 3. The van der Waals surface area contributed by atoms with Crippen molar-refractivity contribution in [2.75, 3.05) is 6.61 Å². The van der Waals surface area contributed by atoms with Crippen molar-refractivity contribution >= 4 is 9.84 Å². The molecule has 0 bridgehead atoms. The topological polar surface area (TPSA) is 54.4 Å². The molecule has 0 aliphatic heterocycles. The average Bonchev–Trinajstić information content (AvgIpc) is 3.17. The van der Waals surface area contributed by atoms with Gasteiger partial charge in [-0.1, -0.05) is 18.2 Å². The molecule has 0 unspecified atom stereocenters. The minimum Gasteiger partial charge on any atom is -0.396 e. The Morgan fingerprint density at radius 3 is 2.06 bits per heavy atom. The second-order valence-corrected chi connectivity index (χ2v) is 11.2. The summed E-state index contributed by atoms with van der Waals surface area (Å²) in [5, 5.41) is 9.83. The number of aryl methyl sites for hydroxylation is 1. The van der Waals surface area contributed by atoms with Crippen LogP contribution in [0.1, 0.15) is 36.0 Å². The fraction of sp³-hybridized carbons (Fsp3) is 0.478. The number of alkyl halides is 7. The molecule has 4 rings (SSSR count). The number of hydrogen-bond acceptors (Lipinski definition) is 3. The summed E-state index contributed by atoms with van der Waals surface area (Å²) < 4.78 is 134. The number of benzene rings is 2. The number of hydrogen-bond donors (Lipinski definition) is 1. The molecule has 3 atom stereocenters. The zero-order chi connectivity index (χ0) is 26.0. The van der Waals surface area contributed by atoms with Crippen LogP contribution in [-0.4, -0.2) is 32.5 Å². The van der Waals surface area contributed by atoms with Gasteiger partial charge >= 0.3 is 18.0 Å². The van der Waals surface area contributed by atoms with Crippen LogP contribution in [0.4, 0.5) is 35.1 Å². The standard InChI is InChI=1S/C23H20F8O3S/c24-16-3-5-17(6-4-16)35(33,34)20-10-9-14(12-32)19(20)7-1-13-11-15(2-8-18(13)20)21(25,22(26,27)28)23(29,30)31/h2-6,8,11,14,19,32H,1,7,9-10,12H2/t14-,19-,20+/m0/s1. The molecule has 3 nitrogen and oxygen atoms in total. The highest BCUT2D eigenvalue weighted by atomic mass is 32.2. The molecule has 35 heavy (non-hydrogen) atoms. The fourth-order valence-electron chi connectivity index (χ4n) is 5.72. The first-order valence-electron chi connectivity index (χ1n) is 10.7. The van der Waals surface area contributed by atoms with Gasteiger partial charge in [0.15, 0.2) is 9.84 Å². The van der Waals surface area contributed by atoms with E-state index in [0.717, 1.165) is 30.3 Å². The largest absolute Gasteiger partial charge is 0.435 e. The Morgan fingerprint density at radius 2 is 1.51 bits per heavy atom. The third kappa shape index (κ3) is 3.58. The molecule has 1 fully saturated rings. The molecule has 192 valence electrons. The van der Waals surface area contributed by atoms with Crippen LogP contribution in [0.3, 0.4) is 0 Å². The van der Waals surface area contributed by atoms with Gasteiger partial charge in [-0.05, 0) is 72.9 Å². The minimum absolute atomic E-state index is 0.0236. The number of aliphatic hydroxyl groups excluding tert-OH is 1. The summed E-state index contributed by atoms with van der Waals surface area (Å²) in [6.45, 7) is -0.367. The summed E-state index contributed by atoms with van der Waals surface area (Å²) >= 11 is 0. The second kappa shape index (κ2) is 8.16. The zero-order valence-corrected chi connectivity index (χ0v) is 18.7. The van der Waals surface area contributed by atoms with E-state index in [4.69, 9.17) is 0 Å². The molecular formula is C23H20F8O3S. The predicted molar refractivity (Wildman–Crippen MR) is 108 cm³/mol. The summed E-state index contributed by atoms with van der Waals surface area (Å²) in [6.07, 6.45) is -12.5. The molecule has 2 aliphatic carbocycles.